The second-order valence-corrected chi connectivity index (χ2v) is 5.96. The van der Waals surface area contributed by atoms with E-state index < -0.39 is 0 Å². The molecule has 0 saturated carbocycles. The molecule has 1 unspecified atom stereocenters. The normalized spacial score (nSPS) is 18.2. The van der Waals surface area contributed by atoms with Crippen molar-refractivity contribution in [2.75, 3.05) is 6.54 Å². The van der Waals surface area contributed by atoms with Crippen LogP contribution in [-0.2, 0) is 11.2 Å². The van der Waals surface area contributed by atoms with Crippen LogP contribution in [0.4, 0.5) is 0 Å². The van der Waals surface area contributed by atoms with E-state index in [1.54, 1.807) is 0 Å². The van der Waals surface area contributed by atoms with Gasteiger partial charge in [-0.2, -0.15) is 0 Å². The lowest BCUT2D eigenvalue weighted by molar-refractivity contribution is -0.122. The number of amides is 1. The van der Waals surface area contributed by atoms with Crippen molar-refractivity contribution < 1.29 is 4.79 Å². The Morgan fingerprint density at radius 1 is 1.37 bits per heavy atom. The van der Waals surface area contributed by atoms with Crippen LogP contribution in [0.5, 0.6) is 0 Å². The lowest BCUT2D eigenvalue weighted by atomic mass is 10.0. The summed E-state index contributed by atoms with van der Waals surface area (Å²) in [5, 5.41) is 6.42. The number of aryl methyl sites for hydroxylation is 1. The Bertz CT molecular complexity index is 454. The fourth-order valence-corrected chi connectivity index (χ4v) is 2.50. The van der Waals surface area contributed by atoms with E-state index in [0.717, 1.165) is 19.3 Å². The molecule has 0 heterocycles. The van der Waals surface area contributed by atoms with Crippen LogP contribution >= 0.6 is 0 Å². The zero-order valence-electron chi connectivity index (χ0n) is 12.1. The first-order chi connectivity index (χ1) is 9.02. The molecule has 0 aliphatic heterocycles. The molecule has 3 nitrogen and oxygen atoms in total. The summed E-state index contributed by atoms with van der Waals surface area (Å²) < 4.78 is 0. The number of benzene rings is 1. The number of hydrogen-bond donors (Lipinski definition) is 2. The van der Waals surface area contributed by atoms with Gasteiger partial charge in [0.15, 0.2) is 0 Å². The average Bonchev–Trinajstić information content (AvgIpc) is 2.79. The third-order valence-corrected chi connectivity index (χ3v) is 4.00. The van der Waals surface area contributed by atoms with Gasteiger partial charge in [0.05, 0.1) is 6.54 Å². The maximum Gasteiger partial charge on any atom is 0.234 e. The first kappa shape index (κ1) is 14.1. The summed E-state index contributed by atoms with van der Waals surface area (Å²) in [7, 11) is 0. The van der Waals surface area contributed by atoms with E-state index in [0.29, 0.717) is 12.6 Å². The summed E-state index contributed by atoms with van der Waals surface area (Å²) in [6.45, 7) is 6.58. The number of fused-ring (bicyclic) bond motifs is 1. The van der Waals surface area contributed by atoms with E-state index in [4.69, 9.17) is 0 Å². The monoisotopic (exact) mass is 260 g/mol. The Hall–Kier alpha value is -1.35. The van der Waals surface area contributed by atoms with Gasteiger partial charge in [0.1, 0.15) is 0 Å². The van der Waals surface area contributed by atoms with Crippen molar-refractivity contribution in [3.8, 4) is 0 Å². The van der Waals surface area contributed by atoms with Crippen LogP contribution in [0.3, 0.4) is 0 Å². The molecule has 19 heavy (non-hydrogen) atoms. The summed E-state index contributed by atoms with van der Waals surface area (Å²) in [4.78, 5) is 11.9. The lowest BCUT2D eigenvalue weighted by Crippen LogP contribution is -2.46. The Balaban J connectivity index is 1.86. The molecule has 0 bridgehead atoms. The first-order valence-electron chi connectivity index (χ1n) is 7.14. The van der Waals surface area contributed by atoms with E-state index in [-0.39, 0.29) is 11.4 Å². The molecule has 0 fully saturated rings. The highest BCUT2D eigenvalue weighted by atomic mass is 16.2. The smallest absolute Gasteiger partial charge is 0.234 e. The van der Waals surface area contributed by atoms with Crippen LogP contribution in [0.15, 0.2) is 24.3 Å². The number of rotatable bonds is 5. The molecule has 104 valence electrons. The second kappa shape index (κ2) is 5.74. The Kier molecular flexibility index (Phi) is 4.25. The van der Waals surface area contributed by atoms with E-state index in [9.17, 15) is 4.79 Å². The Labute approximate surface area is 115 Å². The molecule has 1 aromatic carbocycles. The van der Waals surface area contributed by atoms with Crippen molar-refractivity contribution in [3.05, 3.63) is 35.4 Å². The van der Waals surface area contributed by atoms with Gasteiger partial charge in [-0.25, -0.2) is 0 Å². The third kappa shape index (κ3) is 3.57. The van der Waals surface area contributed by atoms with Crippen LogP contribution in [0.25, 0.3) is 0 Å². The van der Waals surface area contributed by atoms with Crippen LogP contribution in [0, 0.1) is 0 Å². The molecule has 0 saturated heterocycles. The van der Waals surface area contributed by atoms with Crippen molar-refractivity contribution in [1.82, 2.24) is 10.6 Å². The molecule has 1 atom stereocenters. The molecule has 3 heteroatoms. The van der Waals surface area contributed by atoms with E-state index in [2.05, 4.69) is 55.7 Å². The highest BCUT2D eigenvalue weighted by molar-refractivity contribution is 5.78. The molecule has 1 amide bonds. The van der Waals surface area contributed by atoms with E-state index in [1.807, 2.05) is 0 Å². The average molecular weight is 260 g/mol. The molecule has 0 radical (unpaired) electrons. The van der Waals surface area contributed by atoms with E-state index in [1.165, 1.54) is 11.1 Å². The molecule has 1 aliphatic carbocycles. The molecule has 0 aromatic heterocycles. The van der Waals surface area contributed by atoms with Gasteiger partial charge in [0, 0.05) is 11.6 Å². The summed E-state index contributed by atoms with van der Waals surface area (Å²) in [6, 6.07) is 8.81. The maximum atomic E-state index is 11.9. The largest absolute Gasteiger partial charge is 0.350 e. The summed E-state index contributed by atoms with van der Waals surface area (Å²) in [6.07, 6.45) is 3.13. The highest BCUT2D eigenvalue weighted by Crippen LogP contribution is 2.30. The number of carbonyl (C=O) groups excluding carboxylic acids is 1. The van der Waals surface area contributed by atoms with Crippen molar-refractivity contribution >= 4 is 5.91 Å². The van der Waals surface area contributed by atoms with Gasteiger partial charge >= 0.3 is 0 Å². The molecular formula is C16H24N2O. The zero-order valence-corrected chi connectivity index (χ0v) is 12.1. The van der Waals surface area contributed by atoms with Crippen molar-refractivity contribution in [2.45, 2.75) is 51.6 Å². The first-order valence-corrected chi connectivity index (χ1v) is 7.14. The van der Waals surface area contributed by atoms with Gasteiger partial charge < -0.3 is 10.6 Å². The predicted molar refractivity (Wildman–Crippen MR) is 78.0 cm³/mol. The minimum Gasteiger partial charge on any atom is -0.350 e. The quantitative estimate of drug-likeness (QED) is 0.854. The van der Waals surface area contributed by atoms with Gasteiger partial charge in [0.25, 0.3) is 0 Å². The molecule has 1 aromatic rings. The highest BCUT2D eigenvalue weighted by Gasteiger charge is 2.23. The summed E-state index contributed by atoms with van der Waals surface area (Å²) in [5.74, 6) is 0.0798. The molecule has 2 rings (SSSR count). The molecule has 0 spiro atoms. The minimum absolute atomic E-state index is 0.0798. The van der Waals surface area contributed by atoms with Crippen molar-refractivity contribution in [2.24, 2.45) is 0 Å². The topological polar surface area (TPSA) is 41.1 Å². The van der Waals surface area contributed by atoms with Gasteiger partial charge in [0.2, 0.25) is 5.91 Å². The summed E-state index contributed by atoms with van der Waals surface area (Å²) >= 11 is 0. The lowest BCUT2D eigenvalue weighted by Gasteiger charge is -2.25. The zero-order chi connectivity index (χ0) is 13.9. The van der Waals surface area contributed by atoms with Crippen LogP contribution < -0.4 is 10.6 Å². The Morgan fingerprint density at radius 3 is 2.84 bits per heavy atom. The van der Waals surface area contributed by atoms with Gasteiger partial charge in [-0.1, -0.05) is 31.2 Å². The molecule has 2 N–H and O–H groups in total. The fourth-order valence-electron chi connectivity index (χ4n) is 2.50. The number of carbonyl (C=O) groups is 1. The Morgan fingerprint density at radius 2 is 2.11 bits per heavy atom. The molecule has 1 aliphatic rings. The predicted octanol–water partition coefficient (Wildman–Crippen LogP) is 2.57. The van der Waals surface area contributed by atoms with Crippen LogP contribution in [-0.4, -0.2) is 18.0 Å². The fraction of sp³-hybridized carbons (Fsp3) is 0.562. The number of nitrogens with one attached hydrogen (secondary N) is 2. The summed E-state index contributed by atoms with van der Waals surface area (Å²) in [5.41, 5.74) is 2.64. The maximum absolute atomic E-state index is 11.9. The van der Waals surface area contributed by atoms with Crippen molar-refractivity contribution in [1.29, 1.82) is 0 Å². The third-order valence-electron chi connectivity index (χ3n) is 4.00. The second-order valence-electron chi connectivity index (χ2n) is 5.96. The standard InChI is InChI=1S/C16H24N2O/c1-4-16(2,3)18-15(19)11-17-14-10-9-12-7-5-6-8-13(12)14/h5-8,14,17H,4,9-11H2,1-3H3,(H,18,19). The van der Waals surface area contributed by atoms with Gasteiger partial charge in [-0.05, 0) is 44.2 Å². The SMILES string of the molecule is CCC(C)(C)NC(=O)CNC1CCc2ccccc21. The molecular weight excluding hydrogens is 236 g/mol. The van der Waals surface area contributed by atoms with Crippen molar-refractivity contribution in [3.63, 3.8) is 0 Å². The van der Waals surface area contributed by atoms with E-state index >= 15 is 0 Å². The van der Waals surface area contributed by atoms with Crippen LogP contribution in [0.2, 0.25) is 0 Å². The van der Waals surface area contributed by atoms with Crippen LogP contribution in [0.1, 0.15) is 50.8 Å². The van der Waals surface area contributed by atoms with Gasteiger partial charge in [-0.3, -0.25) is 4.79 Å². The minimum atomic E-state index is -0.119. The van der Waals surface area contributed by atoms with Gasteiger partial charge in [-0.15, -0.1) is 0 Å². The number of hydrogen-bond acceptors (Lipinski definition) is 2.